The predicted molar refractivity (Wildman–Crippen MR) is 77.6 cm³/mol. The average molecular weight is 310 g/mol. The lowest BCUT2D eigenvalue weighted by Crippen LogP contribution is -2.25. The largest absolute Gasteiger partial charge is 0.494 e. The monoisotopic (exact) mass is 310 g/mol. The number of aryl methyl sites for hydroxylation is 1. The highest BCUT2D eigenvalue weighted by molar-refractivity contribution is 7.89. The molecule has 1 heterocycles. The summed E-state index contributed by atoms with van der Waals surface area (Å²) in [5.41, 5.74) is 0.954. The summed E-state index contributed by atoms with van der Waals surface area (Å²) in [6.45, 7) is 2.79. The van der Waals surface area contributed by atoms with Gasteiger partial charge in [0.1, 0.15) is 12.0 Å². The molecule has 0 unspecified atom stereocenters. The molecule has 1 aromatic heterocycles. The Kier molecular flexibility index (Phi) is 5.35. The van der Waals surface area contributed by atoms with Crippen molar-refractivity contribution in [2.45, 2.75) is 24.7 Å². The summed E-state index contributed by atoms with van der Waals surface area (Å²) in [7, 11) is -3.48. The SMILES string of the molecule is CCOc1ccc(S(=O)(=O)NCCCc2cnoc2)cc1. The van der Waals surface area contributed by atoms with Crippen LogP contribution in [0.3, 0.4) is 0 Å². The van der Waals surface area contributed by atoms with Gasteiger partial charge in [-0.15, -0.1) is 0 Å². The highest BCUT2D eigenvalue weighted by Crippen LogP contribution is 2.15. The molecule has 0 spiro atoms. The summed E-state index contributed by atoms with van der Waals surface area (Å²) in [5.74, 6) is 0.656. The van der Waals surface area contributed by atoms with Crippen LogP contribution in [-0.2, 0) is 16.4 Å². The second-order valence-electron chi connectivity index (χ2n) is 4.44. The maximum absolute atomic E-state index is 12.1. The first kappa shape index (κ1) is 15.5. The van der Waals surface area contributed by atoms with Crippen LogP contribution in [0.1, 0.15) is 18.9 Å². The second kappa shape index (κ2) is 7.24. The van der Waals surface area contributed by atoms with E-state index in [2.05, 4.69) is 9.88 Å². The van der Waals surface area contributed by atoms with E-state index in [0.29, 0.717) is 25.3 Å². The van der Waals surface area contributed by atoms with Gasteiger partial charge in [-0.2, -0.15) is 0 Å². The fraction of sp³-hybridized carbons (Fsp3) is 0.357. The van der Waals surface area contributed by atoms with Crippen molar-refractivity contribution in [2.75, 3.05) is 13.2 Å². The van der Waals surface area contributed by atoms with Crippen molar-refractivity contribution >= 4 is 10.0 Å². The first-order valence-corrected chi connectivity index (χ1v) is 8.21. The molecule has 2 aromatic rings. The minimum atomic E-state index is -3.48. The van der Waals surface area contributed by atoms with Gasteiger partial charge in [0.05, 0.1) is 17.7 Å². The Labute approximate surface area is 124 Å². The first-order valence-electron chi connectivity index (χ1n) is 6.72. The van der Waals surface area contributed by atoms with Crippen LogP contribution in [0, 0.1) is 0 Å². The lowest BCUT2D eigenvalue weighted by molar-refractivity contribution is 0.340. The molecule has 2 rings (SSSR count). The summed E-state index contributed by atoms with van der Waals surface area (Å²) in [6.07, 6.45) is 4.58. The van der Waals surface area contributed by atoms with Crippen molar-refractivity contribution < 1.29 is 17.7 Å². The van der Waals surface area contributed by atoms with E-state index in [4.69, 9.17) is 9.26 Å². The van der Waals surface area contributed by atoms with Crippen LogP contribution >= 0.6 is 0 Å². The molecule has 0 saturated carbocycles. The van der Waals surface area contributed by atoms with Crippen LogP contribution in [0.25, 0.3) is 0 Å². The fourth-order valence-corrected chi connectivity index (χ4v) is 2.89. The molecule has 7 heteroatoms. The molecule has 0 amide bonds. The first-order chi connectivity index (χ1) is 10.1. The molecule has 6 nitrogen and oxygen atoms in total. The number of rotatable bonds is 8. The van der Waals surface area contributed by atoms with Crippen molar-refractivity contribution in [2.24, 2.45) is 0 Å². The number of aromatic nitrogens is 1. The molecule has 21 heavy (non-hydrogen) atoms. The van der Waals surface area contributed by atoms with Crippen molar-refractivity contribution in [3.8, 4) is 5.75 Å². The highest BCUT2D eigenvalue weighted by atomic mass is 32.2. The normalized spacial score (nSPS) is 11.5. The lowest BCUT2D eigenvalue weighted by atomic mass is 10.2. The van der Waals surface area contributed by atoms with E-state index in [1.54, 1.807) is 24.6 Å². The van der Waals surface area contributed by atoms with Gasteiger partial charge in [0, 0.05) is 12.1 Å². The van der Waals surface area contributed by atoms with E-state index in [1.165, 1.54) is 12.1 Å². The van der Waals surface area contributed by atoms with Gasteiger partial charge in [-0.1, -0.05) is 5.16 Å². The quantitative estimate of drug-likeness (QED) is 0.754. The Bertz CT molecular complexity index is 636. The molecule has 1 aromatic carbocycles. The van der Waals surface area contributed by atoms with Crippen LogP contribution in [0.5, 0.6) is 5.75 Å². The molecule has 0 aliphatic rings. The lowest BCUT2D eigenvalue weighted by Gasteiger charge is -2.07. The summed E-state index contributed by atoms with van der Waals surface area (Å²) < 4.78 is 36.7. The molecular weight excluding hydrogens is 292 g/mol. The number of nitrogens with one attached hydrogen (secondary N) is 1. The van der Waals surface area contributed by atoms with E-state index in [-0.39, 0.29) is 4.90 Å². The van der Waals surface area contributed by atoms with Gasteiger partial charge in [0.15, 0.2) is 0 Å². The van der Waals surface area contributed by atoms with E-state index in [9.17, 15) is 8.42 Å². The van der Waals surface area contributed by atoms with Crippen LogP contribution in [0.15, 0.2) is 46.1 Å². The smallest absolute Gasteiger partial charge is 0.240 e. The van der Waals surface area contributed by atoms with Crippen LogP contribution < -0.4 is 9.46 Å². The van der Waals surface area contributed by atoms with E-state index < -0.39 is 10.0 Å². The zero-order valence-electron chi connectivity index (χ0n) is 11.8. The van der Waals surface area contributed by atoms with Gasteiger partial charge in [-0.3, -0.25) is 0 Å². The van der Waals surface area contributed by atoms with Crippen LogP contribution in [0.2, 0.25) is 0 Å². The molecule has 0 saturated heterocycles. The maximum atomic E-state index is 12.1. The summed E-state index contributed by atoms with van der Waals surface area (Å²) in [4.78, 5) is 0.232. The van der Waals surface area contributed by atoms with Gasteiger partial charge in [0.25, 0.3) is 0 Å². The Hall–Kier alpha value is -1.86. The minimum absolute atomic E-state index is 0.232. The zero-order chi connectivity index (χ0) is 15.1. The number of benzene rings is 1. The van der Waals surface area contributed by atoms with Crippen molar-refractivity contribution in [3.63, 3.8) is 0 Å². The molecule has 0 aliphatic heterocycles. The maximum Gasteiger partial charge on any atom is 0.240 e. The standard InChI is InChI=1S/C14H18N2O4S/c1-2-19-13-5-7-14(8-6-13)21(17,18)16-9-3-4-12-10-15-20-11-12/h5-8,10-11,16H,2-4,9H2,1H3. The Morgan fingerprint density at radius 1 is 1.29 bits per heavy atom. The van der Waals surface area contributed by atoms with Crippen LogP contribution in [0.4, 0.5) is 0 Å². The van der Waals surface area contributed by atoms with E-state index in [0.717, 1.165) is 12.0 Å². The van der Waals surface area contributed by atoms with Crippen molar-refractivity contribution in [1.82, 2.24) is 9.88 Å². The number of ether oxygens (including phenoxy) is 1. The number of sulfonamides is 1. The molecule has 114 valence electrons. The Morgan fingerprint density at radius 3 is 2.67 bits per heavy atom. The van der Waals surface area contributed by atoms with Gasteiger partial charge >= 0.3 is 0 Å². The predicted octanol–water partition coefficient (Wildman–Crippen LogP) is 1.98. The third-order valence-electron chi connectivity index (χ3n) is 2.86. The third-order valence-corrected chi connectivity index (χ3v) is 4.34. The Morgan fingerprint density at radius 2 is 2.05 bits per heavy atom. The van der Waals surface area contributed by atoms with Gasteiger partial charge in [-0.25, -0.2) is 13.1 Å². The van der Waals surface area contributed by atoms with Gasteiger partial charge < -0.3 is 9.26 Å². The molecule has 0 bridgehead atoms. The average Bonchev–Trinajstić information content (AvgIpc) is 2.98. The number of nitrogens with zero attached hydrogens (tertiary/aromatic N) is 1. The van der Waals surface area contributed by atoms with E-state index >= 15 is 0 Å². The van der Waals surface area contributed by atoms with Gasteiger partial charge in [0.2, 0.25) is 10.0 Å². The van der Waals surface area contributed by atoms with Crippen LogP contribution in [-0.4, -0.2) is 26.7 Å². The molecular formula is C14H18N2O4S. The molecule has 1 N–H and O–H groups in total. The van der Waals surface area contributed by atoms with Crippen molar-refractivity contribution in [1.29, 1.82) is 0 Å². The summed E-state index contributed by atoms with van der Waals surface area (Å²) in [6, 6.07) is 6.37. The molecule has 0 aliphatic carbocycles. The molecule has 0 radical (unpaired) electrons. The third kappa shape index (κ3) is 4.57. The minimum Gasteiger partial charge on any atom is -0.494 e. The number of hydrogen-bond acceptors (Lipinski definition) is 5. The van der Waals surface area contributed by atoms with Gasteiger partial charge in [-0.05, 0) is 44.0 Å². The molecule has 0 fully saturated rings. The second-order valence-corrected chi connectivity index (χ2v) is 6.21. The summed E-state index contributed by atoms with van der Waals surface area (Å²) >= 11 is 0. The Balaban J connectivity index is 1.85. The fourth-order valence-electron chi connectivity index (χ4n) is 1.81. The topological polar surface area (TPSA) is 81.4 Å². The number of hydrogen-bond donors (Lipinski definition) is 1. The molecule has 0 atom stereocenters. The highest BCUT2D eigenvalue weighted by Gasteiger charge is 2.13. The zero-order valence-corrected chi connectivity index (χ0v) is 12.6. The van der Waals surface area contributed by atoms with Crippen molar-refractivity contribution in [3.05, 3.63) is 42.3 Å². The van der Waals surface area contributed by atoms with E-state index in [1.807, 2.05) is 6.92 Å². The summed E-state index contributed by atoms with van der Waals surface area (Å²) in [5, 5.41) is 3.60.